The Balaban J connectivity index is 1.85. The van der Waals surface area contributed by atoms with Gasteiger partial charge in [0.25, 0.3) is 11.5 Å². The predicted molar refractivity (Wildman–Crippen MR) is 95.6 cm³/mol. The van der Waals surface area contributed by atoms with E-state index >= 15 is 0 Å². The van der Waals surface area contributed by atoms with Crippen LogP contribution >= 0.6 is 0 Å². The summed E-state index contributed by atoms with van der Waals surface area (Å²) in [6.07, 6.45) is 2.41. The Labute approximate surface area is 152 Å². The number of aryl methyl sites for hydroxylation is 1. The molecule has 1 atom stereocenters. The first-order valence-corrected chi connectivity index (χ1v) is 9.03. The number of aromatic nitrogens is 1. The van der Waals surface area contributed by atoms with E-state index in [-0.39, 0.29) is 23.4 Å². The van der Waals surface area contributed by atoms with E-state index in [1.54, 1.807) is 11.8 Å². The minimum Gasteiger partial charge on any atom is -0.340 e. The number of amides is 2. The van der Waals surface area contributed by atoms with Crippen LogP contribution < -0.4 is 5.56 Å². The number of nitrogens with one attached hydrogen (secondary N) is 1. The van der Waals surface area contributed by atoms with Crippen LogP contribution in [0.2, 0.25) is 0 Å². The third-order valence-corrected chi connectivity index (χ3v) is 5.62. The molecule has 2 amide bonds. The largest absolute Gasteiger partial charge is 0.340 e. The number of aromatic amines is 1. The Morgan fingerprint density at radius 3 is 2.69 bits per heavy atom. The number of carbonyl (C=O) groups is 2. The first kappa shape index (κ1) is 18.2. The number of hydrogen-bond donors (Lipinski definition) is 1. The van der Waals surface area contributed by atoms with E-state index < -0.39 is 11.0 Å². The SMILES string of the molecule is Cc1[nH]c(=O)c(C#N)cc1C(=O)N1CC[C@@]2(CCCN(C(C)C)C2=O)C1. The van der Waals surface area contributed by atoms with Crippen LogP contribution in [0.3, 0.4) is 0 Å². The van der Waals surface area contributed by atoms with Crippen molar-refractivity contribution in [2.45, 2.75) is 46.1 Å². The molecule has 2 saturated heterocycles. The summed E-state index contributed by atoms with van der Waals surface area (Å²) in [6, 6.07) is 3.32. The highest BCUT2D eigenvalue weighted by Crippen LogP contribution is 2.41. The Hall–Kier alpha value is -2.62. The van der Waals surface area contributed by atoms with Crippen molar-refractivity contribution in [2.75, 3.05) is 19.6 Å². The first-order valence-electron chi connectivity index (χ1n) is 9.03. The molecule has 1 spiro atoms. The molecule has 1 aromatic rings. The molecule has 1 N–H and O–H groups in total. The Morgan fingerprint density at radius 2 is 2.04 bits per heavy atom. The fourth-order valence-electron chi connectivity index (χ4n) is 4.12. The number of hydrogen-bond acceptors (Lipinski definition) is 4. The van der Waals surface area contributed by atoms with Crippen LogP contribution in [-0.4, -0.2) is 52.3 Å². The second-order valence-corrected chi connectivity index (χ2v) is 7.62. The van der Waals surface area contributed by atoms with Crippen molar-refractivity contribution in [3.63, 3.8) is 0 Å². The molecule has 138 valence electrons. The number of likely N-dealkylation sites (tertiary alicyclic amines) is 2. The number of rotatable bonds is 2. The predicted octanol–water partition coefficient (Wildman–Crippen LogP) is 1.42. The van der Waals surface area contributed by atoms with Gasteiger partial charge in [-0.15, -0.1) is 0 Å². The summed E-state index contributed by atoms with van der Waals surface area (Å²) in [4.78, 5) is 43.8. The molecule has 2 aliphatic heterocycles. The van der Waals surface area contributed by atoms with E-state index in [0.717, 1.165) is 19.4 Å². The first-order chi connectivity index (χ1) is 12.3. The summed E-state index contributed by atoms with van der Waals surface area (Å²) in [6.45, 7) is 7.36. The number of piperidine rings is 1. The molecule has 3 rings (SSSR count). The van der Waals surface area contributed by atoms with Crippen molar-refractivity contribution in [3.8, 4) is 6.07 Å². The molecule has 0 bridgehead atoms. The van der Waals surface area contributed by atoms with Crippen molar-refractivity contribution in [3.05, 3.63) is 33.2 Å². The second-order valence-electron chi connectivity index (χ2n) is 7.62. The monoisotopic (exact) mass is 356 g/mol. The summed E-state index contributed by atoms with van der Waals surface area (Å²) >= 11 is 0. The fourth-order valence-corrected chi connectivity index (χ4v) is 4.12. The normalized spacial score (nSPS) is 23.0. The van der Waals surface area contributed by atoms with E-state index in [1.165, 1.54) is 6.07 Å². The van der Waals surface area contributed by atoms with Gasteiger partial charge in [0.1, 0.15) is 11.6 Å². The highest BCUT2D eigenvalue weighted by atomic mass is 16.2. The van der Waals surface area contributed by atoms with Gasteiger partial charge in [0.15, 0.2) is 0 Å². The van der Waals surface area contributed by atoms with Gasteiger partial charge in [-0.3, -0.25) is 14.4 Å². The van der Waals surface area contributed by atoms with Crippen LogP contribution in [0.25, 0.3) is 0 Å². The molecular formula is C19H24N4O3. The van der Waals surface area contributed by atoms with Gasteiger partial charge in [0.2, 0.25) is 5.91 Å². The maximum atomic E-state index is 13.0. The maximum Gasteiger partial charge on any atom is 0.266 e. The number of carbonyl (C=O) groups excluding carboxylic acids is 2. The van der Waals surface area contributed by atoms with Gasteiger partial charge < -0.3 is 14.8 Å². The molecule has 0 radical (unpaired) electrons. The molecule has 2 aliphatic rings. The minimum atomic E-state index is -0.494. The zero-order valence-corrected chi connectivity index (χ0v) is 15.5. The molecule has 1 aromatic heterocycles. The van der Waals surface area contributed by atoms with E-state index in [1.807, 2.05) is 24.8 Å². The quantitative estimate of drug-likeness (QED) is 0.866. The van der Waals surface area contributed by atoms with Crippen LogP contribution in [0, 0.1) is 23.7 Å². The lowest BCUT2D eigenvalue weighted by atomic mass is 9.78. The van der Waals surface area contributed by atoms with Crippen molar-refractivity contribution in [1.82, 2.24) is 14.8 Å². The smallest absolute Gasteiger partial charge is 0.266 e. The van der Waals surface area contributed by atoms with E-state index in [9.17, 15) is 14.4 Å². The van der Waals surface area contributed by atoms with Gasteiger partial charge >= 0.3 is 0 Å². The molecule has 7 heteroatoms. The number of nitrogens with zero attached hydrogens (tertiary/aromatic N) is 3. The molecule has 0 aromatic carbocycles. The highest BCUT2D eigenvalue weighted by molar-refractivity contribution is 5.96. The lowest BCUT2D eigenvalue weighted by Crippen LogP contribution is -2.52. The fraction of sp³-hybridized carbons (Fsp3) is 0.579. The van der Waals surface area contributed by atoms with Crippen molar-refractivity contribution in [2.24, 2.45) is 5.41 Å². The van der Waals surface area contributed by atoms with Gasteiger partial charge in [-0.1, -0.05) is 0 Å². The molecule has 0 aliphatic carbocycles. The van der Waals surface area contributed by atoms with Gasteiger partial charge in [-0.25, -0.2) is 0 Å². The second kappa shape index (κ2) is 6.60. The number of H-pyrrole nitrogens is 1. The molecule has 26 heavy (non-hydrogen) atoms. The zero-order valence-electron chi connectivity index (χ0n) is 15.5. The van der Waals surface area contributed by atoms with Crippen LogP contribution in [0.4, 0.5) is 0 Å². The molecule has 2 fully saturated rings. The van der Waals surface area contributed by atoms with Crippen molar-refractivity contribution < 1.29 is 9.59 Å². The van der Waals surface area contributed by atoms with Crippen LogP contribution in [0.15, 0.2) is 10.9 Å². The summed E-state index contributed by atoms with van der Waals surface area (Å²) in [7, 11) is 0. The zero-order chi connectivity index (χ0) is 19.1. The molecular weight excluding hydrogens is 332 g/mol. The van der Waals surface area contributed by atoms with Gasteiger partial charge in [-0.2, -0.15) is 5.26 Å². The Bertz CT molecular complexity index is 851. The van der Waals surface area contributed by atoms with Crippen LogP contribution in [-0.2, 0) is 4.79 Å². The summed E-state index contributed by atoms with van der Waals surface area (Å²) in [5.41, 5.74) is -0.297. The minimum absolute atomic E-state index is 0.0763. The highest BCUT2D eigenvalue weighted by Gasteiger charge is 2.49. The molecule has 7 nitrogen and oxygen atoms in total. The van der Waals surface area contributed by atoms with Gasteiger partial charge in [0, 0.05) is 31.4 Å². The molecule has 0 unspecified atom stereocenters. The van der Waals surface area contributed by atoms with E-state index in [0.29, 0.717) is 30.8 Å². The number of pyridine rings is 1. The average Bonchev–Trinajstić information content (AvgIpc) is 3.02. The van der Waals surface area contributed by atoms with E-state index in [4.69, 9.17) is 5.26 Å². The van der Waals surface area contributed by atoms with E-state index in [2.05, 4.69) is 4.98 Å². The number of nitriles is 1. The standard InChI is InChI=1S/C19H24N4O3/c1-12(2)23-7-4-5-19(18(23)26)6-8-22(11-19)17(25)15-9-14(10-20)16(24)21-13(15)3/h9,12H,4-8,11H2,1-3H3,(H,21,24)/t19-/m0/s1. The third-order valence-electron chi connectivity index (χ3n) is 5.62. The summed E-state index contributed by atoms with van der Waals surface area (Å²) < 4.78 is 0. The summed E-state index contributed by atoms with van der Waals surface area (Å²) in [5, 5.41) is 9.05. The van der Waals surface area contributed by atoms with Crippen LogP contribution in [0.1, 0.15) is 54.7 Å². The maximum absolute atomic E-state index is 13.0. The van der Waals surface area contributed by atoms with Crippen molar-refractivity contribution >= 4 is 11.8 Å². The third kappa shape index (κ3) is 2.90. The molecule has 0 saturated carbocycles. The topological polar surface area (TPSA) is 97.3 Å². The summed E-state index contributed by atoms with van der Waals surface area (Å²) in [5.74, 6) is -0.0912. The average molecular weight is 356 g/mol. The Kier molecular flexibility index (Phi) is 4.61. The lowest BCUT2D eigenvalue weighted by Gasteiger charge is -2.41. The Morgan fingerprint density at radius 1 is 1.31 bits per heavy atom. The molecule has 3 heterocycles. The van der Waals surface area contributed by atoms with Crippen molar-refractivity contribution in [1.29, 1.82) is 5.26 Å². The van der Waals surface area contributed by atoms with Gasteiger partial charge in [-0.05, 0) is 46.1 Å². The van der Waals surface area contributed by atoms with Crippen LogP contribution in [0.5, 0.6) is 0 Å². The van der Waals surface area contributed by atoms with Gasteiger partial charge in [0.05, 0.1) is 11.0 Å². The lowest BCUT2D eigenvalue weighted by molar-refractivity contribution is -0.147.